The van der Waals surface area contributed by atoms with Gasteiger partial charge in [0.25, 0.3) is 0 Å². The van der Waals surface area contributed by atoms with Crippen LogP contribution in [0.2, 0.25) is 0 Å². The second-order valence-corrected chi connectivity index (χ2v) is 9.20. The van der Waals surface area contributed by atoms with Crippen LogP contribution < -0.4 is 10.0 Å². The molecule has 1 heterocycles. The van der Waals surface area contributed by atoms with Gasteiger partial charge in [0, 0.05) is 12.6 Å². The summed E-state index contributed by atoms with van der Waals surface area (Å²) in [6.45, 7) is 7.81. The summed E-state index contributed by atoms with van der Waals surface area (Å²) in [7, 11) is -3.37. The molecule has 7 heteroatoms. The summed E-state index contributed by atoms with van der Waals surface area (Å²) < 4.78 is 27.8. The molecule has 0 amide bonds. The van der Waals surface area contributed by atoms with Gasteiger partial charge in [0.05, 0.1) is 0 Å². The lowest BCUT2D eigenvalue weighted by molar-refractivity contribution is 0.559. The molecular formula is C14H26N2O2S3. The number of hydrogen-bond acceptors (Lipinski definition) is 5. The van der Waals surface area contributed by atoms with E-state index in [4.69, 9.17) is 0 Å². The van der Waals surface area contributed by atoms with Crippen LogP contribution in [0.1, 0.15) is 39.2 Å². The first-order valence-electron chi connectivity index (χ1n) is 7.37. The molecule has 0 bridgehead atoms. The summed E-state index contributed by atoms with van der Waals surface area (Å²) in [5, 5.41) is 5.19. The molecule has 0 saturated carbocycles. The summed E-state index contributed by atoms with van der Waals surface area (Å²) in [6.07, 6.45) is 1.93. The highest BCUT2D eigenvalue weighted by Gasteiger charge is 2.19. The quantitative estimate of drug-likeness (QED) is 0.602. The number of nitrogens with one attached hydrogen (secondary N) is 2. The zero-order chi connectivity index (χ0) is 15.7. The Bertz CT molecular complexity index is 500. The van der Waals surface area contributed by atoms with E-state index in [0.717, 1.165) is 43.0 Å². The van der Waals surface area contributed by atoms with E-state index in [2.05, 4.69) is 23.9 Å². The maximum Gasteiger partial charge on any atom is 0.250 e. The predicted molar refractivity (Wildman–Crippen MR) is 93.7 cm³/mol. The first-order valence-corrected chi connectivity index (χ1v) is 10.9. The smallest absolute Gasteiger partial charge is 0.250 e. The molecule has 1 aromatic rings. The molecule has 0 aliphatic carbocycles. The second-order valence-electron chi connectivity index (χ2n) is 4.96. The van der Waals surface area contributed by atoms with Gasteiger partial charge in [-0.15, -0.1) is 11.3 Å². The van der Waals surface area contributed by atoms with Crippen molar-refractivity contribution in [2.45, 2.75) is 50.4 Å². The largest absolute Gasteiger partial charge is 0.313 e. The van der Waals surface area contributed by atoms with Crippen molar-refractivity contribution in [2.24, 2.45) is 0 Å². The third-order valence-electron chi connectivity index (χ3n) is 2.91. The lowest BCUT2D eigenvalue weighted by atomic mass is 10.3. The normalized spacial score (nSPS) is 13.5. The highest BCUT2D eigenvalue weighted by atomic mass is 32.2. The monoisotopic (exact) mass is 350 g/mol. The molecule has 122 valence electrons. The SMILES string of the molecule is CCCNCc1csc(S(=O)(=O)NC(C)CCSCC)c1. The minimum atomic E-state index is -3.37. The van der Waals surface area contributed by atoms with Gasteiger partial charge >= 0.3 is 0 Å². The van der Waals surface area contributed by atoms with Crippen molar-refractivity contribution in [2.75, 3.05) is 18.1 Å². The van der Waals surface area contributed by atoms with Crippen molar-refractivity contribution in [1.82, 2.24) is 10.0 Å². The van der Waals surface area contributed by atoms with E-state index in [1.54, 1.807) is 6.07 Å². The molecule has 1 unspecified atom stereocenters. The first kappa shape index (κ1) is 19.0. The zero-order valence-electron chi connectivity index (χ0n) is 13.0. The van der Waals surface area contributed by atoms with Crippen LogP contribution in [0, 0.1) is 0 Å². The molecule has 0 aromatic carbocycles. The van der Waals surface area contributed by atoms with Crippen LogP contribution in [0.4, 0.5) is 0 Å². The molecular weight excluding hydrogens is 324 g/mol. The number of rotatable bonds is 11. The maximum atomic E-state index is 12.3. The van der Waals surface area contributed by atoms with Crippen LogP contribution in [0.5, 0.6) is 0 Å². The number of thioether (sulfide) groups is 1. The lowest BCUT2D eigenvalue weighted by Crippen LogP contribution is -2.32. The van der Waals surface area contributed by atoms with Crippen LogP contribution in [0.15, 0.2) is 15.7 Å². The van der Waals surface area contributed by atoms with E-state index in [0.29, 0.717) is 4.21 Å². The first-order chi connectivity index (χ1) is 9.99. The maximum absolute atomic E-state index is 12.3. The summed E-state index contributed by atoms with van der Waals surface area (Å²) in [4.78, 5) is 0. The average molecular weight is 351 g/mol. The van der Waals surface area contributed by atoms with Crippen molar-refractivity contribution in [3.63, 3.8) is 0 Å². The zero-order valence-corrected chi connectivity index (χ0v) is 15.5. The Labute approximate surface area is 137 Å². The van der Waals surface area contributed by atoms with Crippen molar-refractivity contribution in [3.8, 4) is 0 Å². The van der Waals surface area contributed by atoms with E-state index < -0.39 is 10.0 Å². The molecule has 0 saturated heterocycles. The molecule has 1 atom stereocenters. The van der Waals surface area contributed by atoms with E-state index in [1.165, 1.54) is 11.3 Å². The Balaban J connectivity index is 2.53. The van der Waals surface area contributed by atoms with Crippen LogP contribution in [-0.4, -0.2) is 32.5 Å². The summed E-state index contributed by atoms with van der Waals surface area (Å²) >= 11 is 3.12. The van der Waals surface area contributed by atoms with Gasteiger partial charge in [-0.05, 0) is 54.8 Å². The van der Waals surface area contributed by atoms with Crippen LogP contribution in [0.3, 0.4) is 0 Å². The van der Waals surface area contributed by atoms with Crippen LogP contribution in [0.25, 0.3) is 0 Å². The third-order valence-corrected chi connectivity index (χ3v) is 6.92. The molecule has 0 aliphatic heterocycles. The van der Waals surface area contributed by atoms with Crippen molar-refractivity contribution in [1.29, 1.82) is 0 Å². The average Bonchev–Trinajstić information content (AvgIpc) is 2.88. The van der Waals surface area contributed by atoms with Gasteiger partial charge in [-0.3, -0.25) is 0 Å². The van der Waals surface area contributed by atoms with Crippen molar-refractivity contribution in [3.05, 3.63) is 17.0 Å². The van der Waals surface area contributed by atoms with E-state index >= 15 is 0 Å². The molecule has 4 nitrogen and oxygen atoms in total. The van der Waals surface area contributed by atoms with Gasteiger partial charge in [-0.1, -0.05) is 13.8 Å². The number of sulfonamides is 1. The molecule has 21 heavy (non-hydrogen) atoms. The third kappa shape index (κ3) is 7.15. The molecule has 2 N–H and O–H groups in total. The highest BCUT2D eigenvalue weighted by molar-refractivity contribution is 7.99. The molecule has 1 rings (SSSR count). The Morgan fingerprint density at radius 1 is 1.38 bits per heavy atom. The Morgan fingerprint density at radius 2 is 2.14 bits per heavy atom. The molecule has 0 radical (unpaired) electrons. The summed E-state index contributed by atoms with van der Waals surface area (Å²) in [5.74, 6) is 2.05. The Morgan fingerprint density at radius 3 is 2.81 bits per heavy atom. The van der Waals surface area contributed by atoms with Gasteiger partial charge in [-0.25, -0.2) is 13.1 Å². The van der Waals surface area contributed by atoms with Crippen LogP contribution >= 0.6 is 23.1 Å². The Kier molecular flexibility index (Phi) is 8.89. The fourth-order valence-corrected chi connectivity index (χ4v) is 5.10. The predicted octanol–water partition coefficient (Wildman–Crippen LogP) is 3.06. The van der Waals surface area contributed by atoms with Gasteiger partial charge in [0.1, 0.15) is 4.21 Å². The minimum Gasteiger partial charge on any atom is -0.313 e. The van der Waals surface area contributed by atoms with Crippen molar-refractivity contribution >= 4 is 33.1 Å². The topological polar surface area (TPSA) is 58.2 Å². The van der Waals surface area contributed by atoms with Crippen molar-refractivity contribution < 1.29 is 8.42 Å². The fraction of sp³-hybridized carbons (Fsp3) is 0.714. The number of hydrogen-bond donors (Lipinski definition) is 2. The van der Waals surface area contributed by atoms with Gasteiger partial charge in [0.15, 0.2) is 0 Å². The summed E-state index contributed by atoms with van der Waals surface area (Å²) in [6, 6.07) is 1.74. The molecule has 0 spiro atoms. The minimum absolute atomic E-state index is 0.0298. The van der Waals surface area contributed by atoms with E-state index in [-0.39, 0.29) is 6.04 Å². The molecule has 0 fully saturated rings. The standard InChI is InChI=1S/C14H26N2O2S3/c1-4-7-15-10-13-9-14(20-11-13)21(17,18)16-12(3)6-8-19-5-2/h9,11-12,15-16H,4-8,10H2,1-3H3. The van der Waals surface area contributed by atoms with Crippen LogP contribution in [-0.2, 0) is 16.6 Å². The van der Waals surface area contributed by atoms with E-state index in [1.807, 2.05) is 24.1 Å². The van der Waals surface area contributed by atoms with Gasteiger partial charge in [0.2, 0.25) is 10.0 Å². The molecule has 0 aliphatic rings. The summed E-state index contributed by atoms with van der Waals surface area (Å²) in [5.41, 5.74) is 1.03. The highest BCUT2D eigenvalue weighted by Crippen LogP contribution is 2.20. The number of thiophene rings is 1. The second kappa shape index (κ2) is 9.84. The fourth-order valence-electron chi connectivity index (χ4n) is 1.78. The lowest BCUT2D eigenvalue weighted by Gasteiger charge is -2.12. The molecule has 1 aromatic heterocycles. The Hall–Kier alpha value is -0.0800. The van der Waals surface area contributed by atoms with Gasteiger partial charge in [-0.2, -0.15) is 11.8 Å². The van der Waals surface area contributed by atoms with E-state index in [9.17, 15) is 8.42 Å². The van der Waals surface area contributed by atoms with Gasteiger partial charge < -0.3 is 5.32 Å².